The Bertz CT molecular complexity index is 1230. The van der Waals surface area contributed by atoms with E-state index in [0.29, 0.717) is 37.6 Å². The smallest absolute Gasteiger partial charge is 0.411 e. The maximum atomic E-state index is 13.5. The standard InChI is InChI=1S/C28H30N4O6/c33-26(23-7-4-16-37-23)30-22-10-8-21(9-11-22)25-24(27(34)29-12-13-31-14-17-36-18-15-31)32(28(35)38-25)19-20-5-2-1-3-6-20/h1-11,16,24-25H,12-15,17-19H2,(H,29,34)(H,30,33)/t24-,25+/m1/s1. The molecule has 5 rings (SSSR count). The monoisotopic (exact) mass is 518 g/mol. The predicted molar refractivity (Wildman–Crippen MR) is 138 cm³/mol. The number of benzene rings is 2. The summed E-state index contributed by atoms with van der Waals surface area (Å²) >= 11 is 0. The highest BCUT2D eigenvalue weighted by Gasteiger charge is 2.46. The van der Waals surface area contributed by atoms with Crippen LogP contribution < -0.4 is 10.6 Å². The molecule has 0 radical (unpaired) electrons. The lowest BCUT2D eigenvalue weighted by molar-refractivity contribution is -0.126. The van der Waals surface area contributed by atoms with Crippen LogP contribution in [0.25, 0.3) is 0 Å². The van der Waals surface area contributed by atoms with Crippen molar-refractivity contribution in [2.75, 3.05) is 44.7 Å². The lowest BCUT2D eigenvalue weighted by atomic mass is 10.00. The van der Waals surface area contributed by atoms with Gasteiger partial charge in [-0.05, 0) is 35.4 Å². The molecule has 0 saturated carbocycles. The van der Waals surface area contributed by atoms with E-state index < -0.39 is 18.2 Å². The molecule has 3 amide bonds. The second kappa shape index (κ2) is 11.9. The first-order chi connectivity index (χ1) is 18.6. The maximum Gasteiger partial charge on any atom is 0.411 e. The zero-order chi connectivity index (χ0) is 26.3. The number of anilines is 1. The summed E-state index contributed by atoms with van der Waals surface area (Å²) in [4.78, 5) is 42.4. The third-order valence-electron chi connectivity index (χ3n) is 6.62. The Labute approximate surface area is 220 Å². The fourth-order valence-corrected chi connectivity index (χ4v) is 4.61. The molecule has 198 valence electrons. The first-order valence-electron chi connectivity index (χ1n) is 12.6. The van der Waals surface area contributed by atoms with Crippen molar-refractivity contribution in [3.63, 3.8) is 0 Å². The minimum atomic E-state index is -0.851. The molecule has 0 aliphatic carbocycles. The minimum absolute atomic E-state index is 0.198. The third-order valence-corrected chi connectivity index (χ3v) is 6.62. The fourth-order valence-electron chi connectivity index (χ4n) is 4.61. The van der Waals surface area contributed by atoms with E-state index in [-0.39, 0.29) is 24.1 Å². The lowest BCUT2D eigenvalue weighted by Crippen LogP contribution is -2.48. The number of ether oxygens (including phenoxy) is 2. The van der Waals surface area contributed by atoms with Gasteiger partial charge in [-0.3, -0.25) is 19.4 Å². The van der Waals surface area contributed by atoms with E-state index in [1.54, 1.807) is 36.4 Å². The van der Waals surface area contributed by atoms with Crippen LogP contribution in [0.1, 0.15) is 27.8 Å². The number of carbonyl (C=O) groups is 3. The molecule has 3 heterocycles. The normalized spacial score (nSPS) is 19.7. The number of nitrogens with zero attached hydrogens (tertiary/aromatic N) is 2. The van der Waals surface area contributed by atoms with Gasteiger partial charge >= 0.3 is 6.09 Å². The molecule has 2 N–H and O–H groups in total. The lowest BCUT2D eigenvalue weighted by Gasteiger charge is -2.28. The Kier molecular flexibility index (Phi) is 8.01. The molecule has 2 saturated heterocycles. The minimum Gasteiger partial charge on any atom is -0.459 e. The van der Waals surface area contributed by atoms with Crippen molar-refractivity contribution in [1.29, 1.82) is 0 Å². The summed E-state index contributed by atoms with van der Waals surface area (Å²) in [5.41, 5.74) is 2.09. The highest BCUT2D eigenvalue weighted by atomic mass is 16.6. The second-order valence-electron chi connectivity index (χ2n) is 9.16. The molecule has 38 heavy (non-hydrogen) atoms. The Morgan fingerprint density at radius 3 is 2.42 bits per heavy atom. The van der Waals surface area contributed by atoms with Gasteiger partial charge in [0.25, 0.3) is 5.91 Å². The summed E-state index contributed by atoms with van der Waals surface area (Å²) < 4.78 is 16.3. The van der Waals surface area contributed by atoms with Crippen molar-refractivity contribution in [2.45, 2.75) is 18.7 Å². The molecule has 3 aromatic rings. The average molecular weight is 519 g/mol. The summed E-state index contributed by atoms with van der Waals surface area (Å²) in [5, 5.41) is 5.76. The van der Waals surface area contributed by atoms with Gasteiger partial charge in [-0.15, -0.1) is 0 Å². The quantitative estimate of drug-likeness (QED) is 0.448. The van der Waals surface area contributed by atoms with Crippen molar-refractivity contribution in [2.24, 2.45) is 0 Å². The molecular weight excluding hydrogens is 488 g/mol. The molecule has 2 aromatic carbocycles. The zero-order valence-electron chi connectivity index (χ0n) is 20.9. The molecule has 0 spiro atoms. The second-order valence-corrected chi connectivity index (χ2v) is 9.16. The van der Waals surface area contributed by atoms with E-state index in [2.05, 4.69) is 15.5 Å². The average Bonchev–Trinajstić information content (AvgIpc) is 3.59. The third kappa shape index (κ3) is 6.04. The summed E-state index contributed by atoms with van der Waals surface area (Å²) in [6.45, 7) is 4.42. The number of carbonyl (C=O) groups excluding carboxylic acids is 3. The molecular formula is C28H30N4O6. The van der Waals surface area contributed by atoms with Gasteiger partial charge in [-0.25, -0.2) is 4.79 Å². The van der Waals surface area contributed by atoms with Crippen molar-refractivity contribution >= 4 is 23.6 Å². The zero-order valence-corrected chi connectivity index (χ0v) is 20.9. The van der Waals surface area contributed by atoms with Crippen LogP contribution in [0.3, 0.4) is 0 Å². The fraction of sp³-hybridized carbons (Fsp3) is 0.321. The van der Waals surface area contributed by atoms with Gasteiger partial charge in [0.15, 0.2) is 17.9 Å². The van der Waals surface area contributed by atoms with Gasteiger partial charge in [0.2, 0.25) is 5.91 Å². The van der Waals surface area contributed by atoms with Crippen molar-refractivity contribution in [1.82, 2.24) is 15.1 Å². The van der Waals surface area contributed by atoms with Gasteiger partial charge in [0.05, 0.1) is 26.0 Å². The SMILES string of the molecule is O=C(Nc1ccc([C@@H]2OC(=O)N(Cc3ccccc3)[C@H]2C(=O)NCCN2CCOCC2)cc1)c1ccco1. The Morgan fingerprint density at radius 2 is 1.71 bits per heavy atom. The Morgan fingerprint density at radius 1 is 0.947 bits per heavy atom. The molecule has 1 aromatic heterocycles. The molecule has 10 nitrogen and oxygen atoms in total. The summed E-state index contributed by atoms with van der Waals surface area (Å²) in [7, 11) is 0. The van der Waals surface area contributed by atoms with Crippen molar-refractivity contribution < 1.29 is 28.3 Å². The first kappa shape index (κ1) is 25.5. The molecule has 2 fully saturated rings. The van der Waals surface area contributed by atoms with E-state index >= 15 is 0 Å². The number of amides is 3. The molecule has 10 heteroatoms. The number of cyclic esters (lactones) is 1. The van der Waals surface area contributed by atoms with E-state index in [4.69, 9.17) is 13.9 Å². The molecule has 2 atom stereocenters. The van der Waals surface area contributed by atoms with Crippen LogP contribution in [0.5, 0.6) is 0 Å². The largest absolute Gasteiger partial charge is 0.459 e. The molecule has 2 aliphatic rings. The number of hydrogen-bond donors (Lipinski definition) is 2. The first-order valence-corrected chi connectivity index (χ1v) is 12.6. The van der Waals surface area contributed by atoms with Gasteiger partial charge < -0.3 is 24.5 Å². The number of rotatable bonds is 9. The number of hydrogen-bond acceptors (Lipinski definition) is 7. The maximum absolute atomic E-state index is 13.5. The van der Waals surface area contributed by atoms with Gasteiger partial charge in [-0.2, -0.15) is 0 Å². The van der Waals surface area contributed by atoms with Crippen LogP contribution in [-0.4, -0.2) is 73.1 Å². The predicted octanol–water partition coefficient (Wildman–Crippen LogP) is 3.04. The van der Waals surface area contributed by atoms with E-state index in [0.717, 1.165) is 18.7 Å². The van der Waals surface area contributed by atoms with E-state index in [9.17, 15) is 14.4 Å². The molecule has 0 unspecified atom stereocenters. The highest BCUT2D eigenvalue weighted by molar-refractivity contribution is 6.02. The van der Waals surface area contributed by atoms with Crippen LogP contribution >= 0.6 is 0 Å². The number of furan rings is 1. The summed E-state index contributed by atoms with van der Waals surface area (Å²) in [6, 6.07) is 18.8. The highest BCUT2D eigenvalue weighted by Crippen LogP contribution is 2.34. The Hall–Kier alpha value is -4.15. The number of morpholine rings is 1. The van der Waals surface area contributed by atoms with E-state index in [1.165, 1.54) is 11.2 Å². The van der Waals surface area contributed by atoms with Crippen molar-refractivity contribution in [3.8, 4) is 0 Å². The molecule has 2 aliphatic heterocycles. The molecule has 0 bridgehead atoms. The van der Waals surface area contributed by atoms with Gasteiger partial charge in [-0.1, -0.05) is 42.5 Å². The van der Waals surface area contributed by atoms with Crippen LogP contribution in [0.4, 0.5) is 10.5 Å². The van der Waals surface area contributed by atoms with Crippen LogP contribution in [0, 0.1) is 0 Å². The van der Waals surface area contributed by atoms with Gasteiger partial charge in [0, 0.05) is 31.9 Å². The Balaban J connectivity index is 1.30. The van der Waals surface area contributed by atoms with Crippen LogP contribution in [-0.2, 0) is 20.8 Å². The number of nitrogens with one attached hydrogen (secondary N) is 2. The van der Waals surface area contributed by atoms with Crippen LogP contribution in [0.2, 0.25) is 0 Å². The van der Waals surface area contributed by atoms with Crippen LogP contribution in [0.15, 0.2) is 77.4 Å². The summed E-state index contributed by atoms with van der Waals surface area (Å²) in [6.07, 6.45) is 0.0755. The topological polar surface area (TPSA) is 113 Å². The van der Waals surface area contributed by atoms with Crippen molar-refractivity contribution in [3.05, 3.63) is 89.9 Å². The van der Waals surface area contributed by atoms with Gasteiger partial charge in [0.1, 0.15) is 0 Å². The van der Waals surface area contributed by atoms with E-state index in [1.807, 2.05) is 30.3 Å². The summed E-state index contributed by atoms with van der Waals surface area (Å²) in [5.74, 6) is -0.453.